The molecule has 172 valence electrons. The summed E-state index contributed by atoms with van der Waals surface area (Å²) >= 11 is 5.95. The van der Waals surface area contributed by atoms with Crippen LogP contribution in [0.5, 0.6) is 0 Å². The summed E-state index contributed by atoms with van der Waals surface area (Å²) in [7, 11) is 0. The summed E-state index contributed by atoms with van der Waals surface area (Å²) in [5.41, 5.74) is 3.08. The van der Waals surface area contributed by atoms with Crippen LogP contribution in [0.25, 0.3) is 11.1 Å². The van der Waals surface area contributed by atoms with Crippen LogP contribution in [0, 0.1) is 0 Å². The van der Waals surface area contributed by atoms with Gasteiger partial charge in [0, 0.05) is 54.5 Å². The van der Waals surface area contributed by atoms with E-state index in [2.05, 4.69) is 15.3 Å². The van der Waals surface area contributed by atoms with E-state index in [0.717, 1.165) is 11.3 Å². The van der Waals surface area contributed by atoms with Crippen LogP contribution in [0.3, 0.4) is 0 Å². The van der Waals surface area contributed by atoms with E-state index in [-0.39, 0.29) is 24.8 Å². The number of para-hydroxylation sites is 2. The van der Waals surface area contributed by atoms with Crippen molar-refractivity contribution in [2.24, 2.45) is 9.98 Å². The smallest absolute Gasteiger partial charge is 0.408 e. The third-order valence-corrected chi connectivity index (χ3v) is 5.88. The van der Waals surface area contributed by atoms with E-state index in [1.807, 2.05) is 6.07 Å². The molecular weight excluding hydrogens is 458 g/mol. The van der Waals surface area contributed by atoms with Gasteiger partial charge >= 0.3 is 5.76 Å². The van der Waals surface area contributed by atoms with Crippen LogP contribution in [0.4, 0.5) is 0 Å². The predicted octanol–water partition coefficient (Wildman–Crippen LogP) is 2.99. The maximum Gasteiger partial charge on any atom is 0.419 e. The van der Waals surface area contributed by atoms with Crippen molar-refractivity contribution in [1.29, 1.82) is 0 Å². The minimum absolute atomic E-state index is 0.117. The van der Waals surface area contributed by atoms with E-state index in [1.165, 1.54) is 4.57 Å². The Bertz CT molecular complexity index is 1430. The molecule has 1 aromatic heterocycles. The number of carbonyl (C=O) groups is 2. The third-order valence-electron chi connectivity index (χ3n) is 5.64. The number of hydrogen-bond acceptors (Lipinski definition) is 6. The van der Waals surface area contributed by atoms with E-state index in [4.69, 9.17) is 16.0 Å². The first kappa shape index (κ1) is 21.8. The first-order chi connectivity index (χ1) is 16.5. The summed E-state index contributed by atoms with van der Waals surface area (Å²) in [4.78, 5) is 47.7. The molecule has 10 heteroatoms. The molecule has 3 aromatic rings. The minimum atomic E-state index is -0.734. The van der Waals surface area contributed by atoms with Crippen molar-refractivity contribution >= 4 is 46.4 Å². The number of hydrogen-bond donors (Lipinski definition) is 1. The van der Waals surface area contributed by atoms with E-state index < -0.39 is 12.0 Å². The number of aryl methyl sites for hydroxylation is 1. The summed E-state index contributed by atoms with van der Waals surface area (Å²) in [6, 6.07) is 13.8. The van der Waals surface area contributed by atoms with Gasteiger partial charge in [-0.15, -0.1) is 0 Å². The summed E-state index contributed by atoms with van der Waals surface area (Å²) in [6.45, 7) is 0.673. The molecule has 0 aliphatic carbocycles. The second kappa shape index (κ2) is 9.11. The van der Waals surface area contributed by atoms with Crippen molar-refractivity contribution < 1.29 is 14.0 Å². The average molecular weight is 478 g/mol. The van der Waals surface area contributed by atoms with Crippen LogP contribution in [-0.4, -0.2) is 46.0 Å². The Labute approximate surface area is 199 Å². The highest BCUT2D eigenvalue weighted by atomic mass is 35.5. The molecule has 0 fully saturated rings. The average Bonchev–Trinajstić information content (AvgIpc) is 3.17. The number of benzene rings is 2. The first-order valence-corrected chi connectivity index (χ1v) is 11.1. The fraction of sp³-hybridized carbons (Fsp3) is 0.208. The molecule has 2 aromatic carbocycles. The quantitative estimate of drug-likeness (QED) is 0.609. The van der Waals surface area contributed by atoms with Crippen molar-refractivity contribution in [1.82, 2.24) is 14.8 Å². The maximum absolute atomic E-state index is 12.8. The fourth-order valence-electron chi connectivity index (χ4n) is 3.93. The van der Waals surface area contributed by atoms with Crippen molar-refractivity contribution in [2.75, 3.05) is 6.54 Å². The molecule has 2 aliphatic rings. The second-order valence-corrected chi connectivity index (χ2v) is 8.31. The van der Waals surface area contributed by atoms with Crippen molar-refractivity contribution in [3.8, 4) is 0 Å². The molecule has 34 heavy (non-hydrogen) atoms. The number of halogens is 1. The summed E-state index contributed by atoms with van der Waals surface area (Å²) in [5, 5.41) is 3.22. The normalized spacial score (nSPS) is 17.2. The molecule has 1 atom stereocenters. The molecule has 3 heterocycles. The lowest BCUT2D eigenvalue weighted by Crippen LogP contribution is -2.39. The number of fused-ring (bicyclic) bond motifs is 2. The topological polar surface area (TPSA) is 109 Å². The van der Waals surface area contributed by atoms with Crippen LogP contribution in [0.2, 0.25) is 5.02 Å². The number of aliphatic imine (C=N–C) groups is 2. The van der Waals surface area contributed by atoms with Gasteiger partial charge in [-0.3, -0.25) is 14.2 Å². The molecule has 0 radical (unpaired) electrons. The van der Waals surface area contributed by atoms with Gasteiger partial charge in [0.05, 0.1) is 11.2 Å². The number of nitrogens with zero attached hydrogens (tertiary/aromatic N) is 4. The van der Waals surface area contributed by atoms with E-state index in [0.29, 0.717) is 34.7 Å². The van der Waals surface area contributed by atoms with Gasteiger partial charge in [0.25, 0.3) is 5.91 Å². The van der Waals surface area contributed by atoms with Crippen LogP contribution >= 0.6 is 11.6 Å². The van der Waals surface area contributed by atoms with Gasteiger partial charge in [-0.2, -0.15) is 0 Å². The molecule has 9 nitrogen and oxygen atoms in total. The summed E-state index contributed by atoms with van der Waals surface area (Å²) in [5.74, 6) is -0.921. The predicted molar refractivity (Wildman–Crippen MR) is 128 cm³/mol. The Hall–Kier alpha value is -3.98. The SMILES string of the molecule is O=C(NC1N=CC2=CN(C(=O)CCn3c(=O)oc4ccccc43)CCC2=N1)c1cccc(Cl)c1. The highest BCUT2D eigenvalue weighted by Gasteiger charge is 2.24. The van der Waals surface area contributed by atoms with Gasteiger partial charge in [0.1, 0.15) is 0 Å². The molecule has 2 amide bonds. The van der Waals surface area contributed by atoms with Crippen molar-refractivity contribution in [2.45, 2.75) is 25.7 Å². The lowest BCUT2D eigenvalue weighted by Gasteiger charge is -2.27. The van der Waals surface area contributed by atoms with Gasteiger partial charge in [-0.05, 0) is 30.3 Å². The lowest BCUT2D eigenvalue weighted by molar-refractivity contribution is -0.128. The third kappa shape index (κ3) is 4.42. The van der Waals surface area contributed by atoms with E-state index >= 15 is 0 Å². The fourth-order valence-corrected chi connectivity index (χ4v) is 4.12. The van der Waals surface area contributed by atoms with Crippen molar-refractivity contribution in [3.63, 3.8) is 0 Å². The molecule has 1 N–H and O–H groups in total. The molecular formula is C24H20ClN5O4. The molecule has 2 aliphatic heterocycles. The second-order valence-electron chi connectivity index (χ2n) is 7.87. The van der Waals surface area contributed by atoms with Gasteiger partial charge in [0.2, 0.25) is 12.2 Å². The molecule has 0 saturated heterocycles. The number of oxazole rings is 1. The van der Waals surface area contributed by atoms with Crippen LogP contribution in [0.1, 0.15) is 23.2 Å². The largest absolute Gasteiger partial charge is 0.419 e. The number of amides is 2. The maximum atomic E-state index is 12.8. The molecule has 1 unspecified atom stereocenters. The lowest BCUT2D eigenvalue weighted by atomic mass is 10.0. The Morgan fingerprint density at radius 2 is 2.03 bits per heavy atom. The first-order valence-electron chi connectivity index (χ1n) is 10.7. The number of rotatable bonds is 5. The van der Waals surface area contributed by atoms with Crippen LogP contribution in [0.15, 0.2) is 79.5 Å². The molecule has 5 rings (SSSR count). The zero-order valence-electron chi connectivity index (χ0n) is 18.0. The van der Waals surface area contributed by atoms with E-state index in [9.17, 15) is 14.4 Å². The Morgan fingerprint density at radius 1 is 1.18 bits per heavy atom. The van der Waals surface area contributed by atoms with Crippen LogP contribution < -0.4 is 11.1 Å². The van der Waals surface area contributed by atoms with Gasteiger partial charge < -0.3 is 14.6 Å². The standard InChI is InChI=1S/C24H20ClN5O4/c25-17-5-3-4-15(12-17)22(32)28-23-26-13-16-14-29(10-8-18(16)27-23)21(31)9-11-30-19-6-1-2-7-20(19)34-24(30)33/h1-7,12-14,23H,8-11H2,(H,28,32). The Kier molecular flexibility index (Phi) is 5.85. The van der Waals surface area contributed by atoms with Gasteiger partial charge in [-0.1, -0.05) is 29.8 Å². The van der Waals surface area contributed by atoms with Gasteiger partial charge in [-0.25, -0.2) is 14.8 Å². The zero-order valence-corrected chi connectivity index (χ0v) is 18.7. The molecule has 0 spiro atoms. The highest BCUT2D eigenvalue weighted by Crippen LogP contribution is 2.18. The number of nitrogens with one attached hydrogen (secondary N) is 1. The summed E-state index contributed by atoms with van der Waals surface area (Å²) in [6.07, 6.45) is 3.26. The van der Waals surface area contributed by atoms with Gasteiger partial charge in [0.15, 0.2) is 5.58 Å². The summed E-state index contributed by atoms with van der Waals surface area (Å²) < 4.78 is 6.68. The monoisotopic (exact) mass is 477 g/mol. The number of carbonyl (C=O) groups excluding carboxylic acids is 2. The van der Waals surface area contributed by atoms with Crippen molar-refractivity contribution in [3.05, 3.63) is 81.4 Å². The van der Waals surface area contributed by atoms with Crippen LogP contribution in [-0.2, 0) is 11.3 Å². The number of aromatic nitrogens is 1. The minimum Gasteiger partial charge on any atom is -0.408 e. The highest BCUT2D eigenvalue weighted by molar-refractivity contribution is 6.31. The van der Waals surface area contributed by atoms with E-state index in [1.54, 1.807) is 59.8 Å². The number of allylic oxidation sites excluding steroid dienone is 1. The Balaban J connectivity index is 1.22. The Morgan fingerprint density at radius 3 is 2.88 bits per heavy atom. The molecule has 0 bridgehead atoms. The zero-order chi connectivity index (χ0) is 23.7. The molecule has 0 saturated carbocycles.